The van der Waals surface area contributed by atoms with E-state index >= 15 is 0 Å². The number of thiazole rings is 1. The smallest absolute Gasteiger partial charge is 0.205 e. The summed E-state index contributed by atoms with van der Waals surface area (Å²) in [5.74, 6) is 1.43. The number of aromatic nitrogens is 1. The average Bonchev–Trinajstić information content (AvgIpc) is 2.92. The third-order valence-electron chi connectivity index (χ3n) is 3.46. The summed E-state index contributed by atoms with van der Waals surface area (Å²) >= 11 is 1.43. The number of hydrogen-bond donors (Lipinski definition) is 2. The molecule has 1 aromatic carbocycles. The number of rotatable bonds is 8. The molecule has 2 aromatic rings. The lowest BCUT2D eigenvalue weighted by Gasteiger charge is -2.11. The lowest BCUT2D eigenvalue weighted by molar-refractivity contribution is 0.306. The van der Waals surface area contributed by atoms with Crippen LogP contribution in [0.25, 0.3) is 0 Å². The molecular weight excluding hydrogens is 308 g/mol. The second-order valence-corrected chi connectivity index (χ2v) is 6.33. The van der Waals surface area contributed by atoms with Crippen molar-refractivity contribution in [2.45, 2.75) is 40.0 Å². The fraction of sp³-hybridized carbons (Fsp3) is 0.412. The van der Waals surface area contributed by atoms with E-state index in [0.29, 0.717) is 10.9 Å². The second-order valence-electron chi connectivity index (χ2n) is 5.47. The lowest BCUT2D eigenvalue weighted by atomic mass is 10.0. The quantitative estimate of drug-likeness (QED) is 0.428. The van der Waals surface area contributed by atoms with E-state index in [1.807, 2.05) is 6.21 Å². The van der Waals surface area contributed by atoms with Crippen LogP contribution in [0.2, 0.25) is 0 Å². The van der Waals surface area contributed by atoms with Crippen LogP contribution in [0.4, 0.5) is 10.9 Å². The first kappa shape index (κ1) is 17.3. The predicted molar refractivity (Wildman–Crippen MR) is 98.7 cm³/mol. The maximum atomic E-state index is 5.82. The van der Waals surface area contributed by atoms with Crippen molar-refractivity contribution in [3.63, 3.8) is 0 Å². The highest BCUT2D eigenvalue weighted by Crippen LogP contribution is 2.21. The van der Waals surface area contributed by atoms with Gasteiger partial charge in [0.2, 0.25) is 5.13 Å². The van der Waals surface area contributed by atoms with Crippen LogP contribution in [0.3, 0.4) is 0 Å². The van der Waals surface area contributed by atoms with Crippen LogP contribution in [-0.2, 0) is 0 Å². The molecule has 0 amide bonds. The predicted octanol–water partition coefficient (Wildman–Crippen LogP) is 4.36. The van der Waals surface area contributed by atoms with E-state index in [2.05, 4.69) is 48.4 Å². The summed E-state index contributed by atoms with van der Waals surface area (Å²) in [6, 6.07) is 4.11. The van der Waals surface area contributed by atoms with Gasteiger partial charge in [0.15, 0.2) is 0 Å². The van der Waals surface area contributed by atoms with Crippen molar-refractivity contribution in [2.75, 3.05) is 17.8 Å². The molecule has 0 aliphatic rings. The van der Waals surface area contributed by atoms with E-state index in [1.165, 1.54) is 24.2 Å². The van der Waals surface area contributed by atoms with Crippen LogP contribution in [0.5, 0.6) is 5.75 Å². The van der Waals surface area contributed by atoms with E-state index in [1.54, 1.807) is 5.38 Å². The first-order chi connectivity index (χ1) is 11.1. The molecule has 3 N–H and O–H groups in total. The number of hydrazone groups is 1. The van der Waals surface area contributed by atoms with Crippen LogP contribution in [0, 0.1) is 13.8 Å². The van der Waals surface area contributed by atoms with Crippen molar-refractivity contribution < 1.29 is 4.74 Å². The maximum Gasteiger partial charge on any atom is 0.205 e. The fourth-order valence-corrected chi connectivity index (χ4v) is 2.80. The number of nitrogens with two attached hydrogens (primary N) is 1. The van der Waals surface area contributed by atoms with Gasteiger partial charge in [0.05, 0.1) is 12.8 Å². The van der Waals surface area contributed by atoms with Crippen molar-refractivity contribution in [3.05, 3.63) is 34.2 Å². The molecule has 0 aliphatic heterocycles. The van der Waals surface area contributed by atoms with Crippen LogP contribution in [-0.4, -0.2) is 17.8 Å². The van der Waals surface area contributed by atoms with Gasteiger partial charge in [-0.2, -0.15) is 5.10 Å². The van der Waals surface area contributed by atoms with E-state index in [-0.39, 0.29) is 0 Å². The van der Waals surface area contributed by atoms with Crippen LogP contribution >= 0.6 is 11.3 Å². The Kier molecular flexibility index (Phi) is 6.40. The number of nitrogen functional groups attached to an aromatic ring is 1. The third-order valence-corrected chi connectivity index (χ3v) is 4.22. The monoisotopic (exact) mass is 332 g/mol. The number of ether oxygens (including phenoxy) is 1. The van der Waals surface area contributed by atoms with Crippen molar-refractivity contribution in [2.24, 2.45) is 5.10 Å². The van der Waals surface area contributed by atoms with E-state index in [0.717, 1.165) is 35.5 Å². The van der Waals surface area contributed by atoms with E-state index in [9.17, 15) is 0 Å². The highest BCUT2D eigenvalue weighted by molar-refractivity contribution is 7.14. The van der Waals surface area contributed by atoms with Gasteiger partial charge in [0, 0.05) is 10.9 Å². The van der Waals surface area contributed by atoms with Gasteiger partial charge < -0.3 is 10.5 Å². The Balaban J connectivity index is 1.99. The molecule has 0 atom stereocenters. The number of hydrogen-bond acceptors (Lipinski definition) is 6. The minimum absolute atomic E-state index is 0.504. The van der Waals surface area contributed by atoms with Crippen molar-refractivity contribution in [1.29, 1.82) is 0 Å². The molecule has 0 aliphatic carbocycles. The van der Waals surface area contributed by atoms with Crippen molar-refractivity contribution in [3.8, 4) is 5.75 Å². The molecule has 0 bridgehead atoms. The Labute approximate surface area is 141 Å². The lowest BCUT2D eigenvalue weighted by Crippen LogP contribution is -2.00. The number of aryl methyl sites for hydroxylation is 2. The van der Waals surface area contributed by atoms with Crippen LogP contribution < -0.4 is 15.9 Å². The summed E-state index contributed by atoms with van der Waals surface area (Å²) in [6.07, 6.45) is 5.31. The number of nitrogens with zero attached hydrogens (tertiary/aromatic N) is 2. The molecule has 0 unspecified atom stereocenters. The molecule has 124 valence electrons. The summed E-state index contributed by atoms with van der Waals surface area (Å²) in [5, 5.41) is 6.70. The van der Waals surface area contributed by atoms with Gasteiger partial charge in [0.1, 0.15) is 11.6 Å². The summed E-state index contributed by atoms with van der Waals surface area (Å²) in [4.78, 5) is 4.10. The molecule has 0 saturated carbocycles. The molecule has 0 fully saturated rings. The minimum Gasteiger partial charge on any atom is -0.494 e. The van der Waals surface area contributed by atoms with Gasteiger partial charge in [-0.05, 0) is 43.5 Å². The molecule has 0 saturated heterocycles. The molecule has 1 heterocycles. The molecule has 0 spiro atoms. The van der Waals surface area contributed by atoms with Gasteiger partial charge in [-0.3, -0.25) is 5.43 Å². The molecule has 23 heavy (non-hydrogen) atoms. The zero-order chi connectivity index (χ0) is 16.7. The summed E-state index contributed by atoms with van der Waals surface area (Å²) in [5.41, 5.74) is 11.8. The first-order valence-electron chi connectivity index (χ1n) is 7.84. The van der Waals surface area contributed by atoms with Gasteiger partial charge in [-0.1, -0.05) is 19.8 Å². The Bertz CT molecular complexity index is 643. The Morgan fingerprint density at radius 1 is 1.30 bits per heavy atom. The van der Waals surface area contributed by atoms with Crippen molar-refractivity contribution in [1.82, 2.24) is 4.98 Å². The largest absolute Gasteiger partial charge is 0.494 e. The zero-order valence-electron chi connectivity index (χ0n) is 13.9. The van der Waals surface area contributed by atoms with Crippen LogP contribution in [0.15, 0.2) is 22.6 Å². The second kappa shape index (κ2) is 8.53. The third kappa shape index (κ3) is 5.25. The Hall–Kier alpha value is -2.08. The minimum atomic E-state index is 0.504. The number of nitrogens with one attached hydrogen (secondary N) is 1. The van der Waals surface area contributed by atoms with E-state index in [4.69, 9.17) is 10.5 Å². The standard InChI is InChI=1S/C17H24N4OS/c1-4-5-6-7-22-14-8-12(2)15(13(3)9-14)10-19-21-17-20-16(18)11-23-17/h8-11H,4-7,18H2,1-3H3,(H,20,21). The maximum absolute atomic E-state index is 5.82. The van der Waals surface area contributed by atoms with Gasteiger partial charge in [-0.25, -0.2) is 4.98 Å². The number of anilines is 2. The van der Waals surface area contributed by atoms with E-state index < -0.39 is 0 Å². The van der Waals surface area contributed by atoms with Crippen LogP contribution in [0.1, 0.15) is 42.9 Å². The number of benzene rings is 1. The Morgan fingerprint density at radius 2 is 2.04 bits per heavy atom. The Morgan fingerprint density at radius 3 is 2.65 bits per heavy atom. The van der Waals surface area contributed by atoms with Crippen molar-refractivity contribution >= 4 is 28.5 Å². The van der Waals surface area contributed by atoms with Gasteiger partial charge in [0.25, 0.3) is 0 Å². The molecule has 2 rings (SSSR count). The molecular formula is C17H24N4OS. The SMILES string of the molecule is CCCCCOc1cc(C)c(C=NNc2nc(N)cs2)c(C)c1. The molecule has 5 nitrogen and oxygen atoms in total. The first-order valence-corrected chi connectivity index (χ1v) is 8.72. The van der Waals surface area contributed by atoms with Gasteiger partial charge in [-0.15, -0.1) is 11.3 Å². The topological polar surface area (TPSA) is 72.5 Å². The molecule has 6 heteroatoms. The highest BCUT2D eigenvalue weighted by atomic mass is 32.1. The summed E-state index contributed by atoms with van der Waals surface area (Å²) in [6.45, 7) is 7.09. The van der Waals surface area contributed by atoms with Gasteiger partial charge >= 0.3 is 0 Å². The number of unbranched alkanes of at least 4 members (excludes halogenated alkanes) is 2. The fourth-order valence-electron chi connectivity index (χ4n) is 2.25. The highest BCUT2D eigenvalue weighted by Gasteiger charge is 2.04. The summed E-state index contributed by atoms with van der Waals surface area (Å²) in [7, 11) is 0. The molecule has 1 aromatic heterocycles. The molecule has 0 radical (unpaired) electrons. The zero-order valence-corrected chi connectivity index (χ0v) is 14.7. The summed E-state index contributed by atoms with van der Waals surface area (Å²) < 4.78 is 5.82. The normalized spacial score (nSPS) is 11.1. The average molecular weight is 332 g/mol.